The molecule has 1 amide bonds. The molecule has 8 nitrogen and oxygen atoms in total. The number of ether oxygens (including phenoxy) is 1. The normalized spacial score (nSPS) is 11.1. The number of aryl methyl sites for hydroxylation is 2. The molecule has 2 heterocycles. The van der Waals surface area contributed by atoms with Crippen molar-refractivity contribution in [2.75, 3.05) is 11.9 Å². The number of anilines is 1. The largest absolute Gasteiger partial charge is 0.452 e. The van der Waals surface area contributed by atoms with Crippen LogP contribution in [0.1, 0.15) is 22.6 Å². The maximum Gasteiger partial charge on any atom is 0.331 e. The molecule has 0 aliphatic rings. The second-order valence-electron chi connectivity index (χ2n) is 6.35. The zero-order chi connectivity index (χ0) is 21.7. The molecule has 0 saturated heterocycles. The average Bonchev–Trinajstić information content (AvgIpc) is 3.23. The minimum absolute atomic E-state index is 0.248. The lowest BCUT2D eigenvalue weighted by molar-refractivity contribution is -0.142. The van der Waals surface area contributed by atoms with Crippen LogP contribution in [0.15, 0.2) is 40.9 Å². The van der Waals surface area contributed by atoms with Gasteiger partial charge in [-0.05, 0) is 31.6 Å². The van der Waals surface area contributed by atoms with E-state index in [4.69, 9.17) is 32.5 Å². The Labute approximate surface area is 182 Å². The smallest absolute Gasteiger partial charge is 0.331 e. The summed E-state index contributed by atoms with van der Waals surface area (Å²) in [5.41, 5.74) is 2.07. The van der Waals surface area contributed by atoms with Crippen molar-refractivity contribution in [3.63, 3.8) is 0 Å². The third kappa shape index (κ3) is 5.49. The Hall–Kier alpha value is -3.10. The third-order valence-corrected chi connectivity index (χ3v) is 4.78. The molecule has 0 aliphatic carbocycles. The molecule has 0 saturated carbocycles. The van der Waals surface area contributed by atoms with E-state index in [2.05, 4.69) is 15.6 Å². The van der Waals surface area contributed by atoms with Crippen LogP contribution in [0, 0.1) is 13.8 Å². The maximum atomic E-state index is 11.9. The molecule has 1 aromatic carbocycles. The Morgan fingerprint density at radius 3 is 2.73 bits per heavy atom. The highest BCUT2D eigenvalue weighted by molar-refractivity contribution is 6.32. The van der Waals surface area contributed by atoms with Crippen LogP contribution in [0.4, 0.5) is 5.82 Å². The van der Waals surface area contributed by atoms with Gasteiger partial charge in [0, 0.05) is 22.7 Å². The first-order valence-electron chi connectivity index (χ1n) is 8.88. The van der Waals surface area contributed by atoms with Gasteiger partial charge in [0.1, 0.15) is 10.9 Å². The van der Waals surface area contributed by atoms with Crippen molar-refractivity contribution in [3.05, 3.63) is 69.2 Å². The molecule has 10 heteroatoms. The fourth-order valence-electron chi connectivity index (χ4n) is 2.59. The number of aromatic nitrogens is 3. The Bertz CT molecular complexity index is 1100. The third-order valence-electron chi connectivity index (χ3n) is 4.01. The van der Waals surface area contributed by atoms with Gasteiger partial charge < -0.3 is 14.6 Å². The van der Waals surface area contributed by atoms with E-state index in [1.165, 1.54) is 12.2 Å². The van der Waals surface area contributed by atoms with Gasteiger partial charge in [-0.1, -0.05) is 46.6 Å². The summed E-state index contributed by atoms with van der Waals surface area (Å²) >= 11 is 12.6. The number of nitrogens with one attached hydrogen (secondary N) is 1. The van der Waals surface area contributed by atoms with E-state index < -0.39 is 18.5 Å². The molecule has 2 aromatic heterocycles. The summed E-state index contributed by atoms with van der Waals surface area (Å²) < 4.78 is 11.3. The van der Waals surface area contributed by atoms with E-state index in [1.807, 2.05) is 18.2 Å². The summed E-state index contributed by atoms with van der Waals surface area (Å²) in [4.78, 5) is 23.7. The van der Waals surface area contributed by atoms with Crippen LogP contribution in [0.25, 0.3) is 6.08 Å². The molecule has 0 unspecified atom stereocenters. The first-order valence-corrected chi connectivity index (χ1v) is 9.63. The number of carbonyl (C=O) groups is 2. The predicted octanol–water partition coefficient (Wildman–Crippen LogP) is 4.04. The summed E-state index contributed by atoms with van der Waals surface area (Å²) in [7, 11) is 0. The lowest BCUT2D eigenvalue weighted by Crippen LogP contribution is -2.20. The monoisotopic (exact) mass is 448 g/mol. The number of hydrogen-bond acceptors (Lipinski definition) is 6. The quantitative estimate of drug-likeness (QED) is 0.432. The Morgan fingerprint density at radius 1 is 1.27 bits per heavy atom. The Kier molecular flexibility index (Phi) is 6.91. The van der Waals surface area contributed by atoms with E-state index in [-0.39, 0.29) is 5.82 Å². The van der Waals surface area contributed by atoms with Gasteiger partial charge in [-0.3, -0.25) is 4.79 Å². The van der Waals surface area contributed by atoms with Gasteiger partial charge in [-0.2, -0.15) is 5.10 Å². The number of carbonyl (C=O) groups excluding carboxylic acids is 2. The van der Waals surface area contributed by atoms with Crippen molar-refractivity contribution < 1.29 is 18.8 Å². The van der Waals surface area contributed by atoms with E-state index in [0.29, 0.717) is 33.7 Å². The fraction of sp³-hybridized carbons (Fsp3) is 0.200. The Balaban J connectivity index is 1.58. The predicted molar refractivity (Wildman–Crippen MR) is 112 cm³/mol. The van der Waals surface area contributed by atoms with Gasteiger partial charge in [0.15, 0.2) is 12.4 Å². The highest BCUT2D eigenvalue weighted by Crippen LogP contribution is 2.24. The molecule has 0 spiro atoms. The highest BCUT2D eigenvalue weighted by atomic mass is 35.5. The van der Waals surface area contributed by atoms with Gasteiger partial charge >= 0.3 is 5.97 Å². The number of rotatable bonds is 7. The van der Waals surface area contributed by atoms with Crippen molar-refractivity contribution in [1.82, 2.24) is 14.9 Å². The van der Waals surface area contributed by atoms with Crippen molar-refractivity contribution in [2.45, 2.75) is 20.4 Å². The van der Waals surface area contributed by atoms with Crippen LogP contribution < -0.4 is 5.32 Å². The van der Waals surface area contributed by atoms with Crippen LogP contribution >= 0.6 is 23.2 Å². The standard InChI is InChI=1S/C20H18Cl2N4O4/c1-12-9-17(25-30-12)23-18(27)11-29-19(28)8-7-15-13(2)24-26(20(15)22)10-14-5-3-4-6-16(14)21/h3-9H,10-11H2,1-2H3,(H,23,25,27). The minimum Gasteiger partial charge on any atom is -0.452 e. The molecule has 30 heavy (non-hydrogen) atoms. The molecule has 0 radical (unpaired) electrons. The van der Waals surface area contributed by atoms with Crippen molar-refractivity contribution in [3.8, 4) is 0 Å². The number of hydrogen-bond donors (Lipinski definition) is 1. The van der Waals surface area contributed by atoms with E-state index >= 15 is 0 Å². The van der Waals surface area contributed by atoms with Gasteiger partial charge in [0.05, 0.1) is 12.2 Å². The van der Waals surface area contributed by atoms with Crippen molar-refractivity contribution in [2.24, 2.45) is 0 Å². The summed E-state index contributed by atoms with van der Waals surface area (Å²) in [6, 6.07) is 8.94. The van der Waals surface area contributed by atoms with Crippen LogP contribution in [0.3, 0.4) is 0 Å². The molecule has 0 atom stereocenters. The first kappa shape index (κ1) is 21.6. The Morgan fingerprint density at radius 2 is 2.03 bits per heavy atom. The van der Waals surface area contributed by atoms with Crippen molar-refractivity contribution in [1.29, 1.82) is 0 Å². The van der Waals surface area contributed by atoms with E-state index in [0.717, 1.165) is 5.56 Å². The van der Waals surface area contributed by atoms with E-state index in [1.54, 1.807) is 30.7 Å². The summed E-state index contributed by atoms with van der Waals surface area (Å²) in [5.74, 6) is -0.437. The van der Waals surface area contributed by atoms with Gasteiger partial charge in [-0.15, -0.1) is 0 Å². The molecule has 3 aromatic rings. The SMILES string of the molecule is Cc1cc(NC(=O)COC(=O)C=Cc2c(C)nn(Cc3ccccc3Cl)c2Cl)no1. The van der Waals surface area contributed by atoms with Crippen LogP contribution in [0.2, 0.25) is 10.2 Å². The van der Waals surface area contributed by atoms with Crippen LogP contribution in [-0.2, 0) is 20.9 Å². The number of nitrogens with zero attached hydrogens (tertiary/aromatic N) is 3. The van der Waals surface area contributed by atoms with Gasteiger partial charge in [0.2, 0.25) is 0 Å². The van der Waals surface area contributed by atoms with Crippen molar-refractivity contribution >= 4 is 47.0 Å². The lowest BCUT2D eigenvalue weighted by Gasteiger charge is -2.05. The topological polar surface area (TPSA) is 99.2 Å². The average molecular weight is 449 g/mol. The number of esters is 1. The fourth-order valence-corrected chi connectivity index (χ4v) is 3.08. The highest BCUT2D eigenvalue weighted by Gasteiger charge is 2.13. The van der Waals surface area contributed by atoms with E-state index in [9.17, 15) is 9.59 Å². The molecule has 1 N–H and O–H groups in total. The summed E-state index contributed by atoms with van der Waals surface area (Å²) in [6.07, 6.45) is 2.68. The number of amides is 1. The zero-order valence-electron chi connectivity index (χ0n) is 16.2. The second-order valence-corrected chi connectivity index (χ2v) is 7.12. The minimum atomic E-state index is -0.698. The van der Waals surface area contributed by atoms with Crippen LogP contribution in [0.5, 0.6) is 0 Å². The molecule has 0 bridgehead atoms. The number of halogens is 2. The lowest BCUT2D eigenvalue weighted by atomic mass is 10.2. The number of benzene rings is 1. The molecule has 0 aliphatic heterocycles. The molecular formula is C20H18Cl2N4O4. The molecular weight excluding hydrogens is 431 g/mol. The van der Waals surface area contributed by atoms with Gasteiger partial charge in [-0.25, -0.2) is 9.48 Å². The summed E-state index contributed by atoms with van der Waals surface area (Å²) in [5, 5.41) is 11.4. The van der Waals surface area contributed by atoms with Crippen LogP contribution in [-0.4, -0.2) is 33.4 Å². The summed E-state index contributed by atoms with van der Waals surface area (Å²) in [6.45, 7) is 3.39. The zero-order valence-corrected chi connectivity index (χ0v) is 17.7. The molecule has 156 valence electrons. The maximum absolute atomic E-state index is 11.9. The van der Waals surface area contributed by atoms with Gasteiger partial charge in [0.25, 0.3) is 5.91 Å². The second kappa shape index (κ2) is 9.60. The molecule has 0 fully saturated rings. The molecule has 3 rings (SSSR count). The first-order chi connectivity index (χ1) is 14.3.